The number of pyridine rings is 1. The largest absolute Gasteiger partial charge is 0.482 e. The summed E-state index contributed by atoms with van der Waals surface area (Å²) in [5, 5.41) is 0. The Morgan fingerprint density at radius 1 is 1.14 bits per heavy atom. The molecule has 0 radical (unpaired) electrons. The quantitative estimate of drug-likeness (QED) is 0.645. The van der Waals surface area contributed by atoms with Crippen LogP contribution in [0, 0.1) is 18.6 Å². The maximum absolute atomic E-state index is 14.3. The molecule has 0 saturated heterocycles. The average Bonchev–Trinajstić information content (AvgIpc) is 2.67. The van der Waals surface area contributed by atoms with Crippen molar-refractivity contribution < 1.29 is 23.0 Å². The number of rotatable bonds is 6. The number of ether oxygens (including phenoxy) is 3. The Bertz CT molecular complexity index is 1030. The highest BCUT2D eigenvalue weighted by Crippen LogP contribution is 2.28. The third-order valence-corrected chi connectivity index (χ3v) is 3.83. The second-order valence-corrected chi connectivity index (χ2v) is 5.89. The van der Waals surface area contributed by atoms with E-state index in [2.05, 4.69) is 9.97 Å². The Morgan fingerprint density at radius 3 is 2.46 bits per heavy atom. The summed E-state index contributed by atoms with van der Waals surface area (Å²) >= 11 is 0. The number of hydrogen-bond acceptors (Lipinski definition) is 6. The second kappa shape index (κ2) is 8.03. The number of aromatic nitrogens is 3. The molecule has 0 atom stereocenters. The Labute approximate surface area is 159 Å². The smallest absolute Gasteiger partial charge is 0.353 e. The van der Waals surface area contributed by atoms with Crippen molar-refractivity contribution in [2.24, 2.45) is 7.05 Å². The van der Waals surface area contributed by atoms with Crippen molar-refractivity contribution in [3.8, 4) is 23.3 Å². The van der Waals surface area contributed by atoms with Gasteiger partial charge < -0.3 is 14.2 Å². The molecular weight excluding hydrogens is 372 g/mol. The fourth-order valence-corrected chi connectivity index (χ4v) is 2.35. The number of methoxy groups -OCH3 is 1. The number of halogens is 2. The van der Waals surface area contributed by atoms with Crippen molar-refractivity contribution >= 4 is 0 Å². The third-order valence-electron chi connectivity index (χ3n) is 3.83. The summed E-state index contributed by atoms with van der Waals surface area (Å²) < 4.78 is 45.5. The van der Waals surface area contributed by atoms with Crippen molar-refractivity contribution in [3.63, 3.8) is 0 Å². The van der Waals surface area contributed by atoms with Crippen LogP contribution >= 0.6 is 0 Å². The fourth-order valence-electron chi connectivity index (χ4n) is 2.35. The molecule has 7 nitrogen and oxygen atoms in total. The molecular formula is C19H17F2N3O4. The lowest BCUT2D eigenvalue weighted by molar-refractivity contribution is 0.283. The molecule has 9 heteroatoms. The Kier molecular flexibility index (Phi) is 5.53. The summed E-state index contributed by atoms with van der Waals surface area (Å²) in [6, 6.07) is 6.79. The summed E-state index contributed by atoms with van der Waals surface area (Å²) in [5.74, 6) is -1.90. The van der Waals surface area contributed by atoms with Crippen molar-refractivity contribution in [1.29, 1.82) is 0 Å². The predicted molar refractivity (Wildman–Crippen MR) is 95.8 cm³/mol. The van der Waals surface area contributed by atoms with E-state index in [1.807, 2.05) is 0 Å². The van der Waals surface area contributed by atoms with Gasteiger partial charge in [-0.15, -0.1) is 0 Å². The first-order chi connectivity index (χ1) is 13.4. The minimum absolute atomic E-state index is 0.0215. The molecule has 0 N–H and O–H groups in total. The van der Waals surface area contributed by atoms with E-state index in [1.54, 1.807) is 19.1 Å². The van der Waals surface area contributed by atoms with E-state index in [0.29, 0.717) is 0 Å². The first kappa shape index (κ1) is 19.3. The van der Waals surface area contributed by atoms with Crippen LogP contribution in [0.2, 0.25) is 0 Å². The highest BCUT2D eigenvalue weighted by molar-refractivity contribution is 5.35. The van der Waals surface area contributed by atoms with Crippen molar-refractivity contribution in [2.75, 3.05) is 7.11 Å². The van der Waals surface area contributed by atoms with E-state index < -0.39 is 23.1 Å². The molecule has 0 amide bonds. The van der Waals surface area contributed by atoms with Gasteiger partial charge in [-0.25, -0.2) is 13.6 Å². The van der Waals surface area contributed by atoms with Gasteiger partial charge >= 0.3 is 5.69 Å². The van der Waals surface area contributed by atoms with Crippen LogP contribution in [0.1, 0.15) is 11.3 Å². The van der Waals surface area contributed by atoms with Crippen molar-refractivity contribution in [2.45, 2.75) is 13.5 Å². The molecule has 146 valence electrons. The van der Waals surface area contributed by atoms with E-state index in [9.17, 15) is 13.6 Å². The summed E-state index contributed by atoms with van der Waals surface area (Å²) in [6.45, 7) is 1.58. The molecule has 0 spiro atoms. The van der Waals surface area contributed by atoms with Gasteiger partial charge in [-0.1, -0.05) is 0 Å². The van der Waals surface area contributed by atoms with Gasteiger partial charge in [0.15, 0.2) is 17.4 Å². The van der Waals surface area contributed by atoms with Crippen LogP contribution in [0.3, 0.4) is 0 Å². The molecule has 0 saturated carbocycles. The molecule has 0 aliphatic rings. The number of aryl methyl sites for hydroxylation is 1. The highest BCUT2D eigenvalue weighted by atomic mass is 19.1. The SMILES string of the molecule is COc1cc(OCc2cc(F)c(Oc3ccc(C)nc3)c(F)c2)nc(=O)n1C. The normalized spacial score (nSPS) is 10.6. The van der Waals surface area contributed by atoms with Crippen LogP contribution in [0.15, 0.2) is 41.3 Å². The van der Waals surface area contributed by atoms with Gasteiger partial charge in [0, 0.05) is 12.7 Å². The maximum atomic E-state index is 14.3. The molecule has 0 unspecified atom stereocenters. The molecule has 0 fully saturated rings. The summed E-state index contributed by atoms with van der Waals surface area (Å²) in [6.07, 6.45) is 1.38. The van der Waals surface area contributed by atoms with E-state index >= 15 is 0 Å². The molecule has 0 aliphatic carbocycles. The van der Waals surface area contributed by atoms with Gasteiger partial charge in [0.1, 0.15) is 12.4 Å². The molecule has 3 rings (SSSR count). The molecule has 0 bridgehead atoms. The maximum Gasteiger partial charge on any atom is 0.353 e. The van der Waals surface area contributed by atoms with E-state index in [0.717, 1.165) is 17.8 Å². The minimum Gasteiger partial charge on any atom is -0.482 e. The number of hydrogen-bond donors (Lipinski definition) is 0. The van der Waals surface area contributed by atoms with Crippen LogP contribution in [0.25, 0.3) is 0 Å². The zero-order valence-electron chi connectivity index (χ0n) is 15.4. The summed E-state index contributed by atoms with van der Waals surface area (Å²) in [5.41, 5.74) is 0.370. The number of benzene rings is 1. The lowest BCUT2D eigenvalue weighted by atomic mass is 10.2. The molecule has 2 heterocycles. The predicted octanol–water partition coefficient (Wildman–Crippen LogP) is 3.14. The molecule has 3 aromatic rings. The van der Waals surface area contributed by atoms with Gasteiger partial charge in [0.05, 0.1) is 19.4 Å². The Morgan fingerprint density at radius 2 is 1.86 bits per heavy atom. The molecule has 0 aliphatic heterocycles. The first-order valence-corrected chi connectivity index (χ1v) is 8.20. The average molecular weight is 389 g/mol. The van der Waals surface area contributed by atoms with Crippen molar-refractivity contribution in [3.05, 3.63) is 69.9 Å². The molecule has 2 aromatic heterocycles. The lowest BCUT2D eigenvalue weighted by Gasteiger charge is -2.11. The van der Waals surface area contributed by atoms with Gasteiger partial charge in [-0.05, 0) is 36.8 Å². The zero-order valence-corrected chi connectivity index (χ0v) is 15.4. The topological polar surface area (TPSA) is 75.5 Å². The van der Waals surface area contributed by atoms with Gasteiger partial charge in [-0.2, -0.15) is 4.98 Å². The van der Waals surface area contributed by atoms with Crippen LogP contribution in [0.4, 0.5) is 8.78 Å². The van der Waals surface area contributed by atoms with Crippen LogP contribution in [-0.2, 0) is 13.7 Å². The Balaban J connectivity index is 1.76. The summed E-state index contributed by atoms with van der Waals surface area (Å²) in [7, 11) is 2.89. The first-order valence-electron chi connectivity index (χ1n) is 8.20. The molecule has 1 aromatic carbocycles. The lowest BCUT2D eigenvalue weighted by Crippen LogP contribution is -2.21. The Hall–Kier alpha value is -3.49. The van der Waals surface area contributed by atoms with Crippen molar-refractivity contribution in [1.82, 2.24) is 14.5 Å². The van der Waals surface area contributed by atoms with E-state index in [1.165, 1.54) is 31.0 Å². The minimum atomic E-state index is -0.895. The van der Waals surface area contributed by atoms with Crippen LogP contribution in [-0.4, -0.2) is 21.6 Å². The van der Waals surface area contributed by atoms with Crippen LogP contribution in [0.5, 0.6) is 23.3 Å². The zero-order chi connectivity index (χ0) is 20.3. The van der Waals surface area contributed by atoms with Gasteiger partial charge in [0.25, 0.3) is 0 Å². The highest BCUT2D eigenvalue weighted by Gasteiger charge is 2.15. The molecule has 28 heavy (non-hydrogen) atoms. The van der Waals surface area contributed by atoms with Crippen LogP contribution < -0.4 is 19.9 Å². The monoisotopic (exact) mass is 389 g/mol. The fraction of sp³-hybridized carbons (Fsp3) is 0.211. The van der Waals surface area contributed by atoms with Gasteiger partial charge in [0.2, 0.25) is 11.8 Å². The van der Waals surface area contributed by atoms with Gasteiger partial charge in [-0.3, -0.25) is 9.55 Å². The number of nitrogens with zero attached hydrogens (tertiary/aromatic N) is 3. The van der Waals surface area contributed by atoms with E-state index in [-0.39, 0.29) is 29.7 Å². The van der Waals surface area contributed by atoms with E-state index in [4.69, 9.17) is 14.2 Å². The third kappa shape index (κ3) is 4.25. The second-order valence-electron chi connectivity index (χ2n) is 5.89. The standard InChI is InChI=1S/C19H17F2N3O4/c1-11-4-5-13(9-22-11)28-18-14(20)6-12(7-15(18)21)10-27-16-8-17(26-3)24(2)19(25)23-16/h4-9H,10H2,1-3H3. The summed E-state index contributed by atoms with van der Waals surface area (Å²) in [4.78, 5) is 19.4.